The average molecular weight is 563 g/mol. The molecule has 0 aromatic rings. The third-order valence-electron chi connectivity index (χ3n) is 7.28. The van der Waals surface area contributed by atoms with Gasteiger partial charge in [-0.05, 0) is 6.42 Å². The van der Waals surface area contributed by atoms with E-state index in [1.807, 2.05) is 0 Å². The van der Waals surface area contributed by atoms with Gasteiger partial charge in [-0.3, -0.25) is 0 Å². The molecular weight excluding hydrogens is 512 g/mol. The van der Waals surface area contributed by atoms with Crippen LogP contribution < -0.4 is 0 Å². The van der Waals surface area contributed by atoms with Crippen molar-refractivity contribution in [3.05, 3.63) is 11.5 Å². The summed E-state index contributed by atoms with van der Waals surface area (Å²) in [5.74, 6) is -2.50. The number of carbonyl (C=O) groups is 1. The lowest BCUT2D eigenvalue weighted by Crippen LogP contribution is -2.59. The van der Waals surface area contributed by atoms with Crippen molar-refractivity contribution in [2.24, 2.45) is 0 Å². The van der Waals surface area contributed by atoms with Crippen LogP contribution in [-0.2, 0) is 23.7 Å². The van der Waals surface area contributed by atoms with E-state index in [1.54, 1.807) is 0 Å². The Bertz CT molecular complexity index is 714. The molecule has 2 rings (SSSR count). The van der Waals surface area contributed by atoms with Crippen LogP contribution in [0.5, 0.6) is 0 Å². The Morgan fingerprint density at radius 2 is 1.36 bits per heavy atom. The molecule has 1 saturated heterocycles. The Morgan fingerprint density at radius 3 is 1.90 bits per heavy atom. The molecule has 0 saturated carbocycles. The maximum Gasteiger partial charge on any atom is 0.378 e. The summed E-state index contributed by atoms with van der Waals surface area (Å²) in [4.78, 5) is 12.2. The Labute approximate surface area is 231 Å². The third kappa shape index (κ3) is 11.1. The Hall–Kier alpha value is -1.47. The molecule has 2 heterocycles. The maximum atomic E-state index is 12.2. The highest BCUT2D eigenvalue weighted by atomic mass is 16.7. The van der Waals surface area contributed by atoms with E-state index in [4.69, 9.17) is 18.9 Å². The van der Waals surface area contributed by atoms with Crippen LogP contribution in [0.25, 0.3) is 0 Å². The van der Waals surface area contributed by atoms with Gasteiger partial charge in [0.1, 0.15) is 30.5 Å². The molecule has 0 bridgehead atoms. The van der Waals surface area contributed by atoms with Crippen LogP contribution in [0.2, 0.25) is 0 Å². The summed E-state index contributed by atoms with van der Waals surface area (Å²) in [6.45, 7) is 1.81. The van der Waals surface area contributed by atoms with E-state index in [0.29, 0.717) is 6.61 Å². The van der Waals surface area contributed by atoms with E-state index in [1.165, 1.54) is 70.6 Å². The standard InChI is InChI=1S/C28H50O11/c1-2-3-4-5-6-7-8-9-10-11-12-13-14-15-16-36-18-19(30)25-24(34)26(27(35)38-25)39-28-23(33)22(32)21(31)20(17-29)37-28/h19-23,25,28-34H,2-18H2,1H3/t19-,20+,21+,22-,23+,25+,28+/m0/s1. The molecule has 228 valence electrons. The van der Waals surface area contributed by atoms with Gasteiger partial charge in [0.2, 0.25) is 12.0 Å². The fourth-order valence-electron chi connectivity index (χ4n) is 4.80. The Morgan fingerprint density at radius 1 is 0.821 bits per heavy atom. The van der Waals surface area contributed by atoms with Crippen molar-refractivity contribution < 1.29 is 54.4 Å². The number of rotatable bonds is 21. The largest absolute Gasteiger partial charge is 0.505 e. The number of unbranched alkanes of at least 4 members (excludes halogenated alkanes) is 13. The number of ether oxygens (including phenoxy) is 4. The summed E-state index contributed by atoms with van der Waals surface area (Å²) in [7, 11) is 0. The fourth-order valence-corrected chi connectivity index (χ4v) is 4.80. The minimum absolute atomic E-state index is 0.173. The number of aliphatic hydroxyl groups excluding tert-OH is 6. The Kier molecular flexibility index (Phi) is 16.3. The van der Waals surface area contributed by atoms with Crippen LogP contribution in [0.4, 0.5) is 0 Å². The van der Waals surface area contributed by atoms with Gasteiger partial charge in [0.15, 0.2) is 11.9 Å². The first kappa shape index (κ1) is 33.7. The van der Waals surface area contributed by atoms with Crippen molar-refractivity contribution in [2.45, 2.75) is 140 Å². The van der Waals surface area contributed by atoms with Gasteiger partial charge < -0.3 is 49.6 Å². The van der Waals surface area contributed by atoms with E-state index in [0.717, 1.165) is 19.3 Å². The number of cyclic esters (lactones) is 1. The van der Waals surface area contributed by atoms with Crippen molar-refractivity contribution in [3.8, 4) is 0 Å². The maximum absolute atomic E-state index is 12.2. The summed E-state index contributed by atoms with van der Waals surface area (Å²) in [6, 6.07) is 0. The van der Waals surface area contributed by atoms with E-state index in [9.17, 15) is 35.4 Å². The quantitative estimate of drug-likeness (QED) is 0.0894. The second kappa shape index (κ2) is 18.8. The monoisotopic (exact) mass is 562 g/mol. The van der Waals surface area contributed by atoms with Gasteiger partial charge in [0.25, 0.3) is 0 Å². The lowest BCUT2D eigenvalue weighted by atomic mass is 9.99. The number of esters is 1. The minimum Gasteiger partial charge on any atom is -0.505 e. The van der Waals surface area contributed by atoms with Crippen LogP contribution in [0.3, 0.4) is 0 Å². The van der Waals surface area contributed by atoms with E-state index in [2.05, 4.69) is 6.92 Å². The van der Waals surface area contributed by atoms with Crippen molar-refractivity contribution in [2.75, 3.05) is 19.8 Å². The molecule has 11 heteroatoms. The van der Waals surface area contributed by atoms with Gasteiger partial charge in [-0.25, -0.2) is 4.79 Å². The highest BCUT2D eigenvalue weighted by Crippen LogP contribution is 2.29. The highest BCUT2D eigenvalue weighted by molar-refractivity contribution is 5.89. The van der Waals surface area contributed by atoms with Gasteiger partial charge in [-0.1, -0.05) is 90.4 Å². The first-order valence-electron chi connectivity index (χ1n) is 14.7. The molecule has 0 spiro atoms. The van der Waals surface area contributed by atoms with Crippen molar-refractivity contribution in [1.29, 1.82) is 0 Å². The summed E-state index contributed by atoms with van der Waals surface area (Å²) < 4.78 is 20.9. The predicted molar refractivity (Wildman–Crippen MR) is 142 cm³/mol. The molecule has 2 aliphatic rings. The van der Waals surface area contributed by atoms with E-state index >= 15 is 0 Å². The molecule has 0 radical (unpaired) electrons. The van der Waals surface area contributed by atoms with Crippen LogP contribution >= 0.6 is 0 Å². The average Bonchev–Trinajstić information content (AvgIpc) is 3.21. The first-order valence-corrected chi connectivity index (χ1v) is 14.7. The van der Waals surface area contributed by atoms with Crippen molar-refractivity contribution in [1.82, 2.24) is 0 Å². The SMILES string of the molecule is CCCCCCCCCCCCCCCCOC[C@H](O)[C@H]1OC(=O)C(O[C@H]2O[C@H](CO)[C@@H](O)[C@H](O)[C@H]2O)=C1O. The van der Waals surface area contributed by atoms with Gasteiger partial charge in [-0.2, -0.15) is 0 Å². The first-order chi connectivity index (χ1) is 18.8. The summed E-state index contributed by atoms with van der Waals surface area (Å²) in [5, 5.41) is 59.8. The zero-order chi connectivity index (χ0) is 28.6. The van der Waals surface area contributed by atoms with Crippen molar-refractivity contribution in [3.63, 3.8) is 0 Å². The van der Waals surface area contributed by atoms with Gasteiger partial charge in [-0.15, -0.1) is 0 Å². The summed E-state index contributed by atoms with van der Waals surface area (Å²) >= 11 is 0. The lowest BCUT2D eigenvalue weighted by molar-refractivity contribution is -0.291. The van der Waals surface area contributed by atoms with Crippen LogP contribution in [0.1, 0.15) is 96.8 Å². The number of hydrogen-bond donors (Lipinski definition) is 6. The van der Waals surface area contributed by atoms with Crippen LogP contribution in [-0.4, -0.2) is 99.3 Å². The zero-order valence-corrected chi connectivity index (χ0v) is 23.3. The molecule has 0 aromatic heterocycles. The number of carbonyl (C=O) groups excluding carboxylic acids is 1. The van der Waals surface area contributed by atoms with Crippen LogP contribution in [0.15, 0.2) is 11.5 Å². The normalized spacial score (nSPS) is 28.1. The number of hydrogen-bond acceptors (Lipinski definition) is 11. The van der Waals surface area contributed by atoms with E-state index < -0.39 is 67.0 Å². The third-order valence-corrected chi connectivity index (χ3v) is 7.28. The molecule has 1 fully saturated rings. The second-order valence-electron chi connectivity index (χ2n) is 10.6. The molecule has 0 aliphatic carbocycles. The topological polar surface area (TPSA) is 175 Å². The van der Waals surface area contributed by atoms with Gasteiger partial charge >= 0.3 is 5.97 Å². The molecule has 6 N–H and O–H groups in total. The lowest BCUT2D eigenvalue weighted by Gasteiger charge is -2.39. The molecule has 0 aromatic carbocycles. The number of aliphatic hydroxyl groups is 6. The fraction of sp³-hybridized carbons (Fsp3) is 0.893. The molecular formula is C28H50O11. The molecule has 0 unspecified atom stereocenters. The molecule has 2 aliphatic heterocycles. The smallest absolute Gasteiger partial charge is 0.378 e. The van der Waals surface area contributed by atoms with E-state index in [-0.39, 0.29) is 6.61 Å². The molecule has 0 amide bonds. The summed E-state index contributed by atoms with van der Waals surface area (Å²) in [6.07, 6.45) is 6.72. The molecule has 39 heavy (non-hydrogen) atoms. The second-order valence-corrected chi connectivity index (χ2v) is 10.6. The zero-order valence-electron chi connectivity index (χ0n) is 23.3. The molecule has 7 atom stereocenters. The van der Waals surface area contributed by atoms with Gasteiger partial charge in [0.05, 0.1) is 13.2 Å². The highest BCUT2D eigenvalue weighted by Gasteiger charge is 2.48. The Balaban J connectivity index is 1.57. The minimum atomic E-state index is -1.77. The molecule has 11 nitrogen and oxygen atoms in total. The summed E-state index contributed by atoms with van der Waals surface area (Å²) in [5.41, 5.74) is 0. The van der Waals surface area contributed by atoms with Crippen molar-refractivity contribution >= 4 is 5.97 Å². The predicted octanol–water partition coefficient (Wildman–Crippen LogP) is 2.36. The van der Waals surface area contributed by atoms with Crippen LogP contribution in [0, 0.1) is 0 Å². The van der Waals surface area contributed by atoms with Gasteiger partial charge in [0, 0.05) is 6.61 Å².